The van der Waals surface area contributed by atoms with Crippen LogP contribution in [-0.4, -0.2) is 45.7 Å². The molecule has 0 radical (unpaired) electrons. The lowest BCUT2D eigenvalue weighted by Crippen LogP contribution is -2.59. The summed E-state index contributed by atoms with van der Waals surface area (Å²) in [7, 11) is 0. The van der Waals surface area contributed by atoms with E-state index in [-0.39, 0.29) is 24.4 Å². The molecule has 1 aliphatic rings. The van der Waals surface area contributed by atoms with E-state index in [1.807, 2.05) is 31.2 Å². The first-order valence-corrected chi connectivity index (χ1v) is 9.24. The summed E-state index contributed by atoms with van der Waals surface area (Å²) in [6.07, 6.45) is 0.686. The molecule has 6 heteroatoms. The molecule has 1 saturated heterocycles. The lowest BCUT2D eigenvalue weighted by molar-refractivity contribution is -0.157. The molecule has 1 aromatic heterocycles. The van der Waals surface area contributed by atoms with Crippen molar-refractivity contribution in [3.8, 4) is 0 Å². The number of para-hydroxylation sites is 1. The minimum atomic E-state index is -0.377. The molecule has 0 spiro atoms. The van der Waals surface area contributed by atoms with E-state index in [4.69, 9.17) is 0 Å². The summed E-state index contributed by atoms with van der Waals surface area (Å²) in [6.45, 7) is 7.25. The average molecular weight is 345 g/mol. The van der Waals surface area contributed by atoms with Crippen LogP contribution >= 0.6 is 11.3 Å². The average Bonchev–Trinajstić information content (AvgIpc) is 2.96. The van der Waals surface area contributed by atoms with Crippen LogP contribution in [0.3, 0.4) is 0 Å². The monoisotopic (exact) mass is 345 g/mol. The smallest absolute Gasteiger partial charge is 0.245 e. The lowest BCUT2D eigenvalue weighted by atomic mass is 9.99. The Kier molecular flexibility index (Phi) is 4.85. The number of carbonyl (C=O) groups excluding carboxylic acids is 2. The summed E-state index contributed by atoms with van der Waals surface area (Å²) in [5.74, 6) is 0.426. The van der Waals surface area contributed by atoms with Crippen molar-refractivity contribution in [2.24, 2.45) is 5.92 Å². The fourth-order valence-corrected chi connectivity index (χ4v) is 4.09. The minimum Gasteiger partial charge on any atom is -0.332 e. The molecule has 1 fully saturated rings. The normalized spacial score (nSPS) is 18.9. The summed E-state index contributed by atoms with van der Waals surface area (Å²) < 4.78 is 1.11. The Hall–Kier alpha value is -1.95. The van der Waals surface area contributed by atoms with Gasteiger partial charge in [-0.1, -0.05) is 26.0 Å². The largest absolute Gasteiger partial charge is 0.332 e. The molecule has 128 valence electrons. The van der Waals surface area contributed by atoms with Gasteiger partial charge < -0.3 is 9.80 Å². The molecule has 1 atom stereocenters. The molecule has 5 nitrogen and oxygen atoms in total. The zero-order chi connectivity index (χ0) is 17.3. The number of hydrogen-bond donors (Lipinski definition) is 0. The highest BCUT2D eigenvalue weighted by atomic mass is 32.1. The number of piperazine rings is 1. The number of fused-ring (bicyclic) bond motifs is 1. The first-order chi connectivity index (χ1) is 11.5. The number of rotatable bonds is 5. The molecule has 0 bridgehead atoms. The van der Waals surface area contributed by atoms with E-state index in [2.05, 4.69) is 18.8 Å². The van der Waals surface area contributed by atoms with Crippen LogP contribution in [-0.2, 0) is 16.1 Å². The van der Waals surface area contributed by atoms with E-state index in [0.717, 1.165) is 15.2 Å². The van der Waals surface area contributed by atoms with Gasteiger partial charge in [0.25, 0.3) is 0 Å². The summed E-state index contributed by atoms with van der Waals surface area (Å²) in [6, 6.07) is 7.58. The van der Waals surface area contributed by atoms with Gasteiger partial charge >= 0.3 is 0 Å². The van der Waals surface area contributed by atoms with E-state index in [9.17, 15) is 9.59 Å². The molecule has 0 N–H and O–H groups in total. The zero-order valence-corrected chi connectivity index (χ0v) is 15.2. The molecular formula is C18H23N3O2S. The van der Waals surface area contributed by atoms with E-state index < -0.39 is 0 Å². The molecular weight excluding hydrogens is 322 g/mol. The Bertz CT molecular complexity index is 723. The van der Waals surface area contributed by atoms with E-state index in [0.29, 0.717) is 25.4 Å². The summed E-state index contributed by atoms with van der Waals surface area (Å²) in [4.78, 5) is 33.4. The number of likely N-dealkylation sites (N-methyl/N-ethyl adjacent to an activating group) is 1. The third-order valence-electron chi connectivity index (χ3n) is 4.34. The molecule has 3 rings (SSSR count). The second-order valence-electron chi connectivity index (χ2n) is 6.59. The predicted octanol–water partition coefficient (Wildman–Crippen LogP) is 2.90. The quantitative estimate of drug-likeness (QED) is 0.837. The molecule has 1 aromatic carbocycles. The standard InChI is InChI=1S/C18H23N3O2S/c1-4-20-11-17(22)21(14(18(20)23)9-12(2)3)10-16-19-13-7-5-6-8-15(13)24-16/h5-8,12,14H,4,9-11H2,1-3H3/t14-/m0/s1. The zero-order valence-electron chi connectivity index (χ0n) is 14.4. The van der Waals surface area contributed by atoms with Crippen molar-refractivity contribution in [1.82, 2.24) is 14.8 Å². The van der Waals surface area contributed by atoms with Gasteiger partial charge in [-0.2, -0.15) is 0 Å². The van der Waals surface area contributed by atoms with Crippen LogP contribution in [0.25, 0.3) is 10.2 Å². The maximum Gasteiger partial charge on any atom is 0.245 e. The van der Waals surface area contributed by atoms with Gasteiger partial charge in [0, 0.05) is 6.54 Å². The highest BCUT2D eigenvalue weighted by Crippen LogP contribution is 2.26. The highest BCUT2D eigenvalue weighted by molar-refractivity contribution is 7.18. The van der Waals surface area contributed by atoms with Crippen LogP contribution in [0.5, 0.6) is 0 Å². The summed E-state index contributed by atoms with van der Waals surface area (Å²) in [5, 5.41) is 0.885. The molecule has 0 aliphatic carbocycles. The van der Waals surface area contributed by atoms with Gasteiger partial charge in [-0.3, -0.25) is 9.59 Å². The van der Waals surface area contributed by atoms with Crippen molar-refractivity contribution in [1.29, 1.82) is 0 Å². The molecule has 1 aliphatic heterocycles. The fourth-order valence-electron chi connectivity index (χ4n) is 3.12. The number of hydrogen-bond acceptors (Lipinski definition) is 4. The van der Waals surface area contributed by atoms with Crippen LogP contribution in [0.2, 0.25) is 0 Å². The van der Waals surface area contributed by atoms with E-state index in [1.165, 1.54) is 0 Å². The Balaban J connectivity index is 1.87. The molecule has 2 heterocycles. The van der Waals surface area contributed by atoms with Crippen LogP contribution in [0.4, 0.5) is 0 Å². The van der Waals surface area contributed by atoms with Gasteiger partial charge in [0.15, 0.2) is 0 Å². The molecule has 0 unspecified atom stereocenters. The maximum absolute atomic E-state index is 12.7. The van der Waals surface area contributed by atoms with Crippen molar-refractivity contribution in [2.75, 3.05) is 13.1 Å². The summed E-state index contributed by atoms with van der Waals surface area (Å²) in [5.41, 5.74) is 0.948. The minimum absolute atomic E-state index is 0.0151. The van der Waals surface area contributed by atoms with Crippen molar-refractivity contribution in [2.45, 2.75) is 39.8 Å². The highest BCUT2D eigenvalue weighted by Gasteiger charge is 2.39. The van der Waals surface area contributed by atoms with E-state index >= 15 is 0 Å². The number of aromatic nitrogens is 1. The fraction of sp³-hybridized carbons (Fsp3) is 0.500. The first kappa shape index (κ1) is 16.9. The molecule has 24 heavy (non-hydrogen) atoms. The number of amides is 2. The number of carbonyl (C=O) groups is 2. The van der Waals surface area contributed by atoms with Gasteiger partial charge in [-0.05, 0) is 31.4 Å². The van der Waals surface area contributed by atoms with Gasteiger partial charge in [0.05, 0.1) is 23.3 Å². The third-order valence-corrected chi connectivity index (χ3v) is 5.36. The second kappa shape index (κ2) is 6.89. The topological polar surface area (TPSA) is 53.5 Å². The predicted molar refractivity (Wildman–Crippen MR) is 95.7 cm³/mol. The van der Waals surface area contributed by atoms with Crippen molar-refractivity contribution in [3.05, 3.63) is 29.3 Å². The van der Waals surface area contributed by atoms with Gasteiger partial charge in [0.1, 0.15) is 11.0 Å². The first-order valence-electron chi connectivity index (χ1n) is 8.42. The van der Waals surface area contributed by atoms with E-state index in [1.54, 1.807) is 21.1 Å². The Labute approximate surface area is 146 Å². The van der Waals surface area contributed by atoms with Crippen molar-refractivity contribution in [3.63, 3.8) is 0 Å². The van der Waals surface area contributed by atoms with Crippen LogP contribution in [0, 0.1) is 5.92 Å². The van der Waals surface area contributed by atoms with Crippen LogP contribution < -0.4 is 0 Å². The Morgan fingerprint density at radius 3 is 2.71 bits per heavy atom. The van der Waals surface area contributed by atoms with Crippen molar-refractivity contribution >= 4 is 33.4 Å². The Morgan fingerprint density at radius 2 is 2.04 bits per heavy atom. The lowest BCUT2D eigenvalue weighted by Gasteiger charge is -2.40. The van der Waals surface area contributed by atoms with Gasteiger partial charge in [0.2, 0.25) is 11.8 Å². The Morgan fingerprint density at radius 1 is 1.29 bits per heavy atom. The number of benzene rings is 1. The van der Waals surface area contributed by atoms with Crippen molar-refractivity contribution < 1.29 is 9.59 Å². The molecule has 2 aromatic rings. The number of thiazole rings is 1. The SMILES string of the molecule is CCN1CC(=O)N(Cc2nc3ccccc3s2)[C@@H](CC(C)C)C1=O. The second-order valence-corrected chi connectivity index (χ2v) is 7.71. The number of nitrogens with zero attached hydrogens (tertiary/aromatic N) is 3. The molecule has 2 amide bonds. The van der Waals surface area contributed by atoms with Crippen LogP contribution in [0.1, 0.15) is 32.2 Å². The van der Waals surface area contributed by atoms with Crippen LogP contribution in [0.15, 0.2) is 24.3 Å². The van der Waals surface area contributed by atoms with Gasteiger partial charge in [-0.25, -0.2) is 4.98 Å². The maximum atomic E-state index is 12.7. The third kappa shape index (κ3) is 3.29. The van der Waals surface area contributed by atoms with Gasteiger partial charge in [-0.15, -0.1) is 11.3 Å². The molecule has 0 saturated carbocycles. The summed E-state index contributed by atoms with van der Waals surface area (Å²) >= 11 is 1.59.